The van der Waals surface area contributed by atoms with E-state index >= 15 is 0 Å². The van der Waals surface area contributed by atoms with Gasteiger partial charge in [0, 0.05) is 13.7 Å². The zero-order chi connectivity index (χ0) is 13.4. The van der Waals surface area contributed by atoms with Crippen LogP contribution in [0.1, 0.15) is 11.7 Å². The molecule has 0 aliphatic carbocycles. The molecule has 0 saturated carbocycles. The number of alkyl halides is 1. The summed E-state index contributed by atoms with van der Waals surface area (Å²) in [5, 5.41) is 3.00. The Morgan fingerprint density at radius 2 is 2.00 bits per heavy atom. The Bertz CT molecular complexity index is 332. The van der Waals surface area contributed by atoms with Gasteiger partial charge in [-0.05, 0) is 24.7 Å². The van der Waals surface area contributed by atoms with Gasteiger partial charge in [0.25, 0.3) is 0 Å². The molecule has 0 aliphatic rings. The minimum atomic E-state index is -0.647. The molecule has 2 atom stereocenters. The first-order chi connectivity index (χ1) is 8.72. The predicted octanol–water partition coefficient (Wildman–Crippen LogP) is 1.27. The third kappa shape index (κ3) is 4.25. The maximum absolute atomic E-state index is 12.6. The largest absolute Gasteiger partial charge is 0.492 e. The summed E-state index contributed by atoms with van der Waals surface area (Å²) in [6.07, 6.45) is -0.429. The molecule has 2 unspecified atom stereocenters. The van der Waals surface area contributed by atoms with E-state index in [1.54, 1.807) is 0 Å². The minimum absolute atomic E-state index is 0.429. The van der Waals surface area contributed by atoms with Gasteiger partial charge in [-0.2, -0.15) is 0 Å². The van der Waals surface area contributed by atoms with Gasteiger partial charge in [0.15, 0.2) is 0 Å². The molecule has 0 radical (unpaired) electrons. The lowest BCUT2D eigenvalue weighted by atomic mass is 10.0. The molecule has 5 heteroatoms. The fourth-order valence-corrected chi connectivity index (χ4v) is 1.66. The molecule has 1 rings (SSSR count). The van der Waals surface area contributed by atoms with Crippen molar-refractivity contribution in [1.82, 2.24) is 5.32 Å². The van der Waals surface area contributed by atoms with Crippen molar-refractivity contribution in [3.8, 4) is 5.75 Å². The number of rotatable bonds is 8. The van der Waals surface area contributed by atoms with Crippen molar-refractivity contribution >= 4 is 0 Å². The Morgan fingerprint density at radius 3 is 2.50 bits per heavy atom. The first kappa shape index (κ1) is 14.9. The molecule has 3 N–H and O–H groups in total. The standard InChI is InChI=1S/C13H21FN2O2/c1-16-7-8-18-11-5-3-10(4-6-11)13(17-2)12(15)9-14/h3-6,12-13,16H,7-9,15H2,1-2H3. The lowest BCUT2D eigenvalue weighted by Crippen LogP contribution is -2.31. The van der Waals surface area contributed by atoms with E-state index in [9.17, 15) is 4.39 Å². The summed E-state index contributed by atoms with van der Waals surface area (Å²) in [6.45, 7) is 0.779. The number of methoxy groups -OCH3 is 1. The van der Waals surface area contributed by atoms with E-state index in [0.717, 1.165) is 17.9 Å². The Labute approximate surface area is 107 Å². The van der Waals surface area contributed by atoms with Crippen molar-refractivity contribution in [2.24, 2.45) is 5.73 Å². The van der Waals surface area contributed by atoms with E-state index in [-0.39, 0.29) is 0 Å². The van der Waals surface area contributed by atoms with Crippen molar-refractivity contribution in [3.63, 3.8) is 0 Å². The minimum Gasteiger partial charge on any atom is -0.492 e. The van der Waals surface area contributed by atoms with E-state index in [1.807, 2.05) is 31.3 Å². The number of nitrogens with one attached hydrogen (secondary N) is 1. The Kier molecular flexibility index (Phi) is 6.64. The molecule has 0 spiro atoms. The summed E-state index contributed by atoms with van der Waals surface area (Å²) in [6, 6.07) is 6.71. The molecular formula is C13H21FN2O2. The zero-order valence-corrected chi connectivity index (χ0v) is 10.9. The van der Waals surface area contributed by atoms with Crippen LogP contribution in [0.2, 0.25) is 0 Å². The summed E-state index contributed by atoms with van der Waals surface area (Å²) < 4.78 is 23.3. The van der Waals surface area contributed by atoms with Crippen LogP contribution in [0.5, 0.6) is 5.75 Å². The molecule has 0 fully saturated rings. The topological polar surface area (TPSA) is 56.5 Å². The number of likely N-dealkylation sites (N-methyl/N-ethyl adjacent to an activating group) is 1. The Morgan fingerprint density at radius 1 is 1.33 bits per heavy atom. The molecule has 0 bridgehead atoms. The van der Waals surface area contributed by atoms with E-state index < -0.39 is 18.8 Å². The normalized spacial score (nSPS) is 14.2. The summed E-state index contributed by atoms with van der Waals surface area (Å²) >= 11 is 0. The first-order valence-electron chi connectivity index (χ1n) is 5.94. The number of hydrogen-bond donors (Lipinski definition) is 2. The summed E-state index contributed by atoms with van der Waals surface area (Å²) in [5.41, 5.74) is 6.51. The fraction of sp³-hybridized carbons (Fsp3) is 0.538. The van der Waals surface area contributed by atoms with Gasteiger partial charge >= 0.3 is 0 Å². The maximum atomic E-state index is 12.6. The quantitative estimate of drug-likeness (QED) is 0.688. The van der Waals surface area contributed by atoms with E-state index in [4.69, 9.17) is 15.2 Å². The third-order valence-electron chi connectivity index (χ3n) is 2.65. The molecule has 0 amide bonds. The number of halogens is 1. The van der Waals surface area contributed by atoms with Crippen molar-refractivity contribution in [3.05, 3.63) is 29.8 Å². The second kappa shape index (κ2) is 8.02. The highest BCUT2D eigenvalue weighted by Crippen LogP contribution is 2.22. The molecule has 1 aromatic carbocycles. The molecule has 0 saturated heterocycles. The fourth-order valence-electron chi connectivity index (χ4n) is 1.66. The molecule has 0 aromatic heterocycles. The van der Waals surface area contributed by atoms with Crippen LogP contribution in [-0.2, 0) is 4.74 Å². The van der Waals surface area contributed by atoms with Crippen molar-refractivity contribution in [2.75, 3.05) is 34.0 Å². The average molecular weight is 256 g/mol. The first-order valence-corrected chi connectivity index (χ1v) is 5.94. The van der Waals surface area contributed by atoms with Gasteiger partial charge in [-0.1, -0.05) is 12.1 Å². The average Bonchev–Trinajstić information content (AvgIpc) is 2.41. The monoisotopic (exact) mass is 256 g/mol. The Balaban J connectivity index is 2.63. The molecule has 18 heavy (non-hydrogen) atoms. The highest BCUT2D eigenvalue weighted by molar-refractivity contribution is 5.29. The zero-order valence-electron chi connectivity index (χ0n) is 10.9. The predicted molar refractivity (Wildman–Crippen MR) is 69.6 cm³/mol. The Hall–Kier alpha value is -1.17. The maximum Gasteiger partial charge on any atom is 0.119 e. The van der Waals surface area contributed by atoms with Gasteiger partial charge in [-0.15, -0.1) is 0 Å². The van der Waals surface area contributed by atoms with Gasteiger partial charge in [0.1, 0.15) is 19.0 Å². The summed E-state index contributed by atoms with van der Waals surface area (Å²) in [4.78, 5) is 0. The molecule has 4 nitrogen and oxygen atoms in total. The molecule has 1 aromatic rings. The van der Waals surface area contributed by atoms with Crippen LogP contribution in [0.25, 0.3) is 0 Å². The van der Waals surface area contributed by atoms with E-state index in [1.165, 1.54) is 7.11 Å². The van der Waals surface area contributed by atoms with Gasteiger partial charge in [0.2, 0.25) is 0 Å². The highest BCUT2D eigenvalue weighted by atomic mass is 19.1. The van der Waals surface area contributed by atoms with Crippen LogP contribution in [0, 0.1) is 0 Å². The highest BCUT2D eigenvalue weighted by Gasteiger charge is 2.19. The smallest absolute Gasteiger partial charge is 0.119 e. The summed E-state index contributed by atoms with van der Waals surface area (Å²) in [7, 11) is 3.39. The van der Waals surface area contributed by atoms with Gasteiger partial charge < -0.3 is 20.5 Å². The van der Waals surface area contributed by atoms with E-state index in [2.05, 4.69) is 5.32 Å². The number of benzene rings is 1. The van der Waals surface area contributed by atoms with Gasteiger partial charge in [-0.3, -0.25) is 0 Å². The van der Waals surface area contributed by atoms with Crippen LogP contribution >= 0.6 is 0 Å². The lowest BCUT2D eigenvalue weighted by Gasteiger charge is -2.20. The second-order valence-corrected chi connectivity index (χ2v) is 4.00. The van der Waals surface area contributed by atoms with Crippen LogP contribution in [0.4, 0.5) is 4.39 Å². The number of ether oxygens (including phenoxy) is 2. The van der Waals surface area contributed by atoms with Gasteiger partial charge in [0.05, 0.1) is 12.1 Å². The molecular weight excluding hydrogens is 235 g/mol. The number of hydrogen-bond acceptors (Lipinski definition) is 4. The SMILES string of the molecule is CNCCOc1ccc(C(OC)C(N)CF)cc1. The molecule has 102 valence electrons. The third-order valence-corrected chi connectivity index (χ3v) is 2.65. The van der Waals surface area contributed by atoms with Gasteiger partial charge in [-0.25, -0.2) is 4.39 Å². The summed E-state index contributed by atoms with van der Waals surface area (Å²) in [5.74, 6) is 0.776. The molecule has 0 aliphatic heterocycles. The second-order valence-electron chi connectivity index (χ2n) is 4.00. The van der Waals surface area contributed by atoms with Crippen LogP contribution in [0.3, 0.4) is 0 Å². The van der Waals surface area contributed by atoms with Crippen LogP contribution in [0.15, 0.2) is 24.3 Å². The van der Waals surface area contributed by atoms with Crippen molar-refractivity contribution in [1.29, 1.82) is 0 Å². The number of nitrogens with two attached hydrogens (primary N) is 1. The van der Waals surface area contributed by atoms with E-state index in [0.29, 0.717) is 6.61 Å². The van der Waals surface area contributed by atoms with Crippen LogP contribution in [-0.4, -0.2) is 40.0 Å². The van der Waals surface area contributed by atoms with Crippen molar-refractivity contribution in [2.45, 2.75) is 12.1 Å². The molecule has 0 heterocycles. The lowest BCUT2D eigenvalue weighted by molar-refractivity contribution is 0.0720. The van der Waals surface area contributed by atoms with Crippen LogP contribution < -0.4 is 15.8 Å². The van der Waals surface area contributed by atoms with Crippen molar-refractivity contribution < 1.29 is 13.9 Å².